The summed E-state index contributed by atoms with van der Waals surface area (Å²) >= 11 is 5.76. The van der Waals surface area contributed by atoms with Crippen molar-refractivity contribution in [1.82, 2.24) is 19.3 Å². The van der Waals surface area contributed by atoms with E-state index in [2.05, 4.69) is 17.1 Å². The van der Waals surface area contributed by atoms with E-state index in [0.29, 0.717) is 0 Å². The minimum Gasteiger partial charge on any atom is -0.316 e. The van der Waals surface area contributed by atoms with Crippen LogP contribution in [-0.2, 0) is 6.67 Å². The Balaban J connectivity index is 1.83. The molecule has 0 radical (unpaired) electrons. The second kappa shape index (κ2) is 6.67. The van der Waals surface area contributed by atoms with Gasteiger partial charge in [0.25, 0.3) is 0 Å². The average molecular weight is 338 g/mol. The van der Waals surface area contributed by atoms with E-state index in [1.54, 1.807) is 11.1 Å². The lowest BCUT2D eigenvalue weighted by Gasteiger charge is -2.11. The lowest BCUT2D eigenvalue weighted by molar-refractivity contribution is -0.911. The van der Waals surface area contributed by atoms with Crippen LogP contribution in [0.3, 0.4) is 0 Å². The molecule has 122 valence electrons. The maximum Gasteiger partial charge on any atom is 0.207 e. The third kappa shape index (κ3) is 2.90. The maximum absolute atomic E-state index is 5.76. The summed E-state index contributed by atoms with van der Waals surface area (Å²) in [6.45, 7) is 3.22. The van der Waals surface area contributed by atoms with E-state index >= 15 is 0 Å². The topological polar surface area (TPSA) is 40.1 Å². The quantitative estimate of drug-likeness (QED) is 0.741. The molecule has 0 atom stereocenters. The summed E-state index contributed by atoms with van der Waals surface area (Å²) in [5.74, 6) is 0.845. The normalized spacial score (nSPS) is 15.0. The van der Waals surface area contributed by atoms with E-state index < -0.39 is 0 Å². The maximum atomic E-state index is 5.76. The Morgan fingerprint density at radius 3 is 2.54 bits per heavy atom. The fraction of sp³-hybridized carbons (Fsp3) is 0.278. The molecule has 1 aliphatic rings. The van der Waals surface area contributed by atoms with E-state index in [4.69, 9.17) is 17.3 Å². The Morgan fingerprint density at radius 1 is 1.04 bits per heavy atom. The zero-order chi connectivity index (χ0) is 16.4. The lowest BCUT2D eigenvalue weighted by atomic mass is 10.2. The Kier molecular flexibility index (Phi) is 4.23. The Labute approximate surface area is 146 Å². The van der Waals surface area contributed by atoms with Crippen LogP contribution in [-0.4, -0.2) is 32.4 Å². The molecule has 4 rings (SSSR count). The van der Waals surface area contributed by atoms with Crippen LogP contribution in [0.1, 0.15) is 12.8 Å². The van der Waals surface area contributed by atoms with Crippen LogP contribution in [0.15, 0.2) is 54.9 Å². The van der Waals surface area contributed by atoms with Gasteiger partial charge in [-0.1, -0.05) is 18.2 Å². The molecule has 1 N–H and O–H groups in total. The lowest BCUT2D eigenvalue weighted by Crippen LogP contribution is -3.09. The third-order valence-corrected chi connectivity index (χ3v) is 4.85. The van der Waals surface area contributed by atoms with Gasteiger partial charge in [0, 0.05) is 36.5 Å². The molecule has 0 unspecified atom stereocenters. The van der Waals surface area contributed by atoms with Gasteiger partial charge in [0.05, 0.1) is 13.1 Å². The minimum absolute atomic E-state index is 0.736. The minimum atomic E-state index is 0.736. The van der Waals surface area contributed by atoms with E-state index in [1.165, 1.54) is 25.9 Å². The molecule has 1 aliphatic heterocycles. The third-order valence-electron chi connectivity index (χ3n) is 4.46. The van der Waals surface area contributed by atoms with Crippen molar-refractivity contribution in [2.24, 2.45) is 0 Å². The summed E-state index contributed by atoms with van der Waals surface area (Å²) in [5.41, 5.74) is 2.01. The van der Waals surface area contributed by atoms with Gasteiger partial charge >= 0.3 is 0 Å². The number of benzene rings is 1. The van der Waals surface area contributed by atoms with Crippen LogP contribution >= 0.6 is 12.2 Å². The highest BCUT2D eigenvalue weighted by atomic mass is 32.1. The molecule has 1 saturated heterocycles. The SMILES string of the molecule is S=c1n(C[NH+]2CCCC2)nc(-c2cccnc2)n1-c1ccccc1. The first-order valence-electron chi connectivity index (χ1n) is 8.32. The van der Waals surface area contributed by atoms with Crippen LogP contribution in [0.4, 0.5) is 0 Å². The van der Waals surface area contributed by atoms with E-state index in [-0.39, 0.29) is 0 Å². The predicted molar refractivity (Wildman–Crippen MR) is 95.5 cm³/mol. The molecule has 3 heterocycles. The van der Waals surface area contributed by atoms with Gasteiger partial charge in [-0.15, -0.1) is 5.10 Å². The molecule has 5 nitrogen and oxygen atoms in total. The van der Waals surface area contributed by atoms with E-state index in [0.717, 1.165) is 28.5 Å². The number of pyridine rings is 1. The molecule has 24 heavy (non-hydrogen) atoms. The average Bonchev–Trinajstić information content (AvgIpc) is 3.25. The number of aromatic nitrogens is 4. The van der Waals surface area contributed by atoms with Crippen molar-refractivity contribution in [2.45, 2.75) is 19.5 Å². The van der Waals surface area contributed by atoms with Gasteiger partial charge < -0.3 is 4.90 Å². The molecule has 6 heteroatoms. The number of nitrogens with one attached hydrogen (secondary N) is 1. The van der Waals surface area contributed by atoms with Crippen LogP contribution < -0.4 is 4.90 Å². The molecular formula is C18H20N5S+. The van der Waals surface area contributed by atoms with Crippen molar-refractivity contribution in [2.75, 3.05) is 13.1 Å². The Morgan fingerprint density at radius 2 is 1.83 bits per heavy atom. The molecule has 0 saturated carbocycles. The van der Waals surface area contributed by atoms with Gasteiger partial charge in [0.2, 0.25) is 4.77 Å². The number of hydrogen-bond acceptors (Lipinski definition) is 3. The second-order valence-corrected chi connectivity index (χ2v) is 6.50. The number of quaternary nitrogens is 1. The Bertz CT molecular complexity index is 863. The molecule has 0 bridgehead atoms. The fourth-order valence-corrected chi connectivity index (χ4v) is 3.54. The largest absolute Gasteiger partial charge is 0.316 e. The Hall–Kier alpha value is -2.31. The molecular weight excluding hydrogens is 318 g/mol. The van der Waals surface area contributed by atoms with Crippen molar-refractivity contribution >= 4 is 12.2 Å². The van der Waals surface area contributed by atoms with Gasteiger partial charge in [-0.25, -0.2) is 0 Å². The van der Waals surface area contributed by atoms with Gasteiger partial charge in [-0.05, 0) is 36.5 Å². The molecule has 1 fully saturated rings. The van der Waals surface area contributed by atoms with Crippen molar-refractivity contribution in [3.63, 3.8) is 0 Å². The van der Waals surface area contributed by atoms with Crippen molar-refractivity contribution < 1.29 is 4.90 Å². The smallest absolute Gasteiger partial charge is 0.207 e. The summed E-state index contributed by atoms with van der Waals surface area (Å²) in [6.07, 6.45) is 6.19. The van der Waals surface area contributed by atoms with Crippen LogP contribution in [0.25, 0.3) is 17.1 Å². The second-order valence-electron chi connectivity index (χ2n) is 6.13. The van der Waals surface area contributed by atoms with Crippen LogP contribution in [0.2, 0.25) is 0 Å². The van der Waals surface area contributed by atoms with E-state index in [9.17, 15) is 0 Å². The van der Waals surface area contributed by atoms with Gasteiger partial charge in [0.15, 0.2) is 12.5 Å². The molecule has 2 aromatic heterocycles. The van der Waals surface area contributed by atoms with Crippen LogP contribution in [0, 0.1) is 4.77 Å². The van der Waals surface area contributed by atoms with Gasteiger partial charge in [-0.3, -0.25) is 9.55 Å². The fourth-order valence-electron chi connectivity index (χ4n) is 3.25. The van der Waals surface area contributed by atoms with Crippen molar-refractivity contribution in [1.29, 1.82) is 0 Å². The summed E-state index contributed by atoms with van der Waals surface area (Å²) in [7, 11) is 0. The monoisotopic (exact) mass is 338 g/mol. The molecule has 1 aromatic carbocycles. The first-order valence-corrected chi connectivity index (χ1v) is 8.73. The summed E-state index contributed by atoms with van der Waals surface area (Å²) in [5, 5.41) is 4.83. The predicted octanol–water partition coefficient (Wildman–Crippen LogP) is 2.10. The summed E-state index contributed by atoms with van der Waals surface area (Å²) in [6, 6.07) is 14.1. The zero-order valence-electron chi connectivity index (χ0n) is 13.4. The number of likely N-dealkylation sites (tertiary alicyclic amines) is 1. The molecule has 0 amide bonds. The van der Waals surface area contributed by atoms with Crippen molar-refractivity contribution in [3.8, 4) is 17.1 Å². The number of rotatable bonds is 4. The zero-order valence-corrected chi connectivity index (χ0v) is 14.2. The van der Waals surface area contributed by atoms with Crippen LogP contribution in [0.5, 0.6) is 0 Å². The first-order chi connectivity index (χ1) is 11.8. The summed E-state index contributed by atoms with van der Waals surface area (Å²) < 4.78 is 4.74. The standard InChI is InChI=1S/C18H19N5S/c24-18-22(14-21-11-4-5-12-21)20-17(15-7-6-10-19-13-15)23(18)16-8-2-1-3-9-16/h1-3,6-10,13H,4-5,11-12,14H2/p+1. The summed E-state index contributed by atoms with van der Waals surface area (Å²) in [4.78, 5) is 5.78. The number of hydrogen-bond donors (Lipinski definition) is 1. The number of para-hydroxylation sites is 1. The highest BCUT2D eigenvalue weighted by Gasteiger charge is 2.20. The van der Waals surface area contributed by atoms with E-state index in [1.807, 2.05) is 45.8 Å². The van der Waals surface area contributed by atoms with Gasteiger partial charge in [0.1, 0.15) is 0 Å². The van der Waals surface area contributed by atoms with Crippen molar-refractivity contribution in [3.05, 3.63) is 59.6 Å². The highest BCUT2D eigenvalue weighted by molar-refractivity contribution is 7.71. The number of nitrogens with zero attached hydrogens (tertiary/aromatic N) is 4. The first kappa shape index (κ1) is 15.2. The molecule has 3 aromatic rings. The van der Waals surface area contributed by atoms with Gasteiger partial charge in [-0.2, -0.15) is 4.68 Å². The molecule has 0 spiro atoms. The molecule has 0 aliphatic carbocycles. The highest BCUT2D eigenvalue weighted by Crippen LogP contribution is 2.21.